The lowest BCUT2D eigenvalue weighted by Crippen LogP contribution is -2.64. The minimum absolute atomic E-state index is 0.0532. The Kier molecular flexibility index (Phi) is 11.3. The van der Waals surface area contributed by atoms with Gasteiger partial charge in [0.2, 0.25) is 11.9 Å². The number of imide groups is 1. The Bertz CT molecular complexity index is 2220. The summed E-state index contributed by atoms with van der Waals surface area (Å²) >= 11 is 0. The molecule has 8 rings (SSSR count). The molecule has 0 atom stereocenters. The summed E-state index contributed by atoms with van der Waals surface area (Å²) in [5.41, 5.74) is 5.36. The Hall–Kier alpha value is -5.95. The molecule has 5 aliphatic rings. The van der Waals surface area contributed by atoms with Gasteiger partial charge in [0, 0.05) is 88.2 Å². The zero-order valence-electron chi connectivity index (χ0n) is 34.7. The molecule has 0 aliphatic carbocycles. The average molecular weight is 844 g/mol. The third kappa shape index (κ3) is 8.40. The fourth-order valence-corrected chi connectivity index (χ4v) is 8.99. The maximum absolute atomic E-state index is 14.8. The molecule has 17 nitrogen and oxygen atoms in total. The summed E-state index contributed by atoms with van der Waals surface area (Å²) in [6.07, 6.45) is 5.22. The first kappa shape index (κ1) is 41.8. The second kappa shape index (κ2) is 16.5. The number of fused-ring (bicyclic) bond motifs is 1. The van der Waals surface area contributed by atoms with Crippen LogP contribution in [0.15, 0.2) is 48.7 Å². The number of amides is 6. The number of hydrogen-bond acceptors (Lipinski definition) is 12. The van der Waals surface area contributed by atoms with Gasteiger partial charge in [-0.15, -0.1) is 0 Å². The second-order valence-electron chi connectivity index (χ2n) is 16.9. The highest BCUT2D eigenvalue weighted by Gasteiger charge is 2.49. The number of ether oxygens (including phenoxy) is 1. The van der Waals surface area contributed by atoms with Gasteiger partial charge in [0.1, 0.15) is 11.4 Å². The summed E-state index contributed by atoms with van der Waals surface area (Å²) in [5.74, 6) is -4.93. The van der Waals surface area contributed by atoms with Gasteiger partial charge in [-0.2, -0.15) is 13.8 Å². The number of halogens is 2. The molecule has 2 aromatic carbocycles. The highest BCUT2D eigenvalue weighted by molar-refractivity contribution is 6.06. The number of carbonyl (C=O) groups excluding carboxylic acids is 5. The van der Waals surface area contributed by atoms with Crippen LogP contribution >= 0.6 is 0 Å². The van der Waals surface area contributed by atoms with E-state index in [0.29, 0.717) is 60.5 Å². The summed E-state index contributed by atoms with van der Waals surface area (Å²) in [4.78, 5) is 80.3. The van der Waals surface area contributed by atoms with E-state index in [1.807, 2.05) is 9.91 Å². The van der Waals surface area contributed by atoms with Gasteiger partial charge >= 0.3 is 12.0 Å². The van der Waals surface area contributed by atoms with Crippen LogP contribution in [0.1, 0.15) is 66.7 Å². The Morgan fingerprint density at radius 3 is 2.38 bits per heavy atom. The number of nitrogens with one attached hydrogen (secondary N) is 3. The standard InChI is InChI=1S/C42H51F2N11O6/c1-26(2)55-25-42(43,44)38(59)50(3)32-22-45-39(48-35(32)55)46-31-9-8-27(21-33(31)61-4)36(57)49-53-15-10-29(11-16-53)52-23-41(24-52)13-18-51(19-14-41)37(58)28-6-5-7-30(20-28)54-17-12-34(56)47-40(54)60/h5-9,20-22,26,29H,10-19,23-25H2,1-4H3,(H,49,57)(H,45,46,48)(H,47,56,60). The van der Waals surface area contributed by atoms with Gasteiger partial charge in [-0.1, -0.05) is 6.07 Å². The molecule has 61 heavy (non-hydrogen) atoms. The van der Waals surface area contributed by atoms with Crippen molar-refractivity contribution in [2.75, 3.05) is 86.5 Å². The van der Waals surface area contributed by atoms with Crippen LogP contribution in [0.2, 0.25) is 0 Å². The monoisotopic (exact) mass is 843 g/mol. The Balaban J connectivity index is 0.807. The first-order chi connectivity index (χ1) is 29.1. The Labute approximate surface area is 352 Å². The number of carbonyl (C=O) groups is 5. The summed E-state index contributed by atoms with van der Waals surface area (Å²) in [6.45, 7) is 7.67. The maximum atomic E-state index is 14.8. The molecule has 1 aromatic heterocycles. The first-order valence-corrected chi connectivity index (χ1v) is 20.7. The van der Waals surface area contributed by atoms with Crippen LogP contribution in [0, 0.1) is 5.41 Å². The van der Waals surface area contributed by atoms with Crippen molar-refractivity contribution < 1.29 is 37.5 Å². The molecule has 19 heteroatoms. The van der Waals surface area contributed by atoms with E-state index in [1.165, 1.54) is 30.2 Å². The Morgan fingerprint density at radius 2 is 1.69 bits per heavy atom. The van der Waals surface area contributed by atoms with E-state index in [4.69, 9.17) is 4.74 Å². The minimum Gasteiger partial charge on any atom is -0.495 e. The van der Waals surface area contributed by atoms with Crippen molar-refractivity contribution in [1.29, 1.82) is 0 Å². The predicted molar refractivity (Wildman–Crippen MR) is 222 cm³/mol. The number of methoxy groups -OCH3 is 1. The molecular formula is C42H51F2N11O6. The molecule has 0 radical (unpaired) electrons. The minimum atomic E-state index is -3.61. The third-order valence-electron chi connectivity index (χ3n) is 12.6. The molecule has 5 aliphatic heterocycles. The average Bonchev–Trinajstić information content (AvgIpc) is 3.31. The van der Waals surface area contributed by atoms with E-state index in [0.717, 1.165) is 43.7 Å². The number of urea groups is 1. The van der Waals surface area contributed by atoms with Gasteiger partial charge in [-0.05, 0) is 81.3 Å². The van der Waals surface area contributed by atoms with Crippen molar-refractivity contribution >= 4 is 58.5 Å². The van der Waals surface area contributed by atoms with Crippen molar-refractivity contribution in [3.05, 3.63) is 59.8 Å². The molecule has 6 heterocycles. The van der Waals surface area contributed by atoms with E-state index in [-0.39, 0.29) is 59.6 Å². The van der Waals surface area contributed by atoms with Crippen LogP contribution < -0.4 is 35.5 Å². The number of rotatable bonds is 9. The van der Waals surface area contributed by atoms with Crippen molar-refractivity contribution in [2.24, 2.45) is 5.41 Å². The van der Waals surface area contributed by atoms with Crippen LogP contribution in [-0.2, 0) is 9.59 Å². The summed E-state index contributed by atoms with van der Waals surface area (Å²) < 4.78 is 35.1. The number of nitrogens with zero attached hydrogens (tertiary/aromatic N) is 8. The van der Waals surface area contributed by atoms with Crippen molar-refractivity contribution in [3.63, 3.8) is 0 Å². The van der Waals surface area contributed by atoms with Crippen LogP contribution in [-0.4, -0.2) is 139 Å². The summed E-state index contributed by atoms with van der Waals surface area (Å²) in [7, 11) is 2.75. The van der Waals surface area contributed by atoms with Gasteiger partial charge in [-0.3, -0.25) is 39.7 Å². The second-order valence-corrected chi connectivity index (χ2v) is 16.9. The molecule has 0 bridgehead atoms. The molecule has 4 saturated heterocycles. The van der Waals surface area contributed by atoms with E-state index in [2.05, 4.69) is 30.9 Å². The van der Waals surface area contributed by atoms with Crippen molar-refractivity contribution in [3.8, 4) is 5.75 Å². The van der Waals surface area contributed by atoms with Gasteiger partial charge in [0.05, 0.1) is 25.5 Å². The van der Waals surface area contributed by atoms with Crippen LogP contribution in [0.3, 0.4) is 0 Å². The van der Waals surface area contributed by atoms with Crippen molar-refractivity contribution in [1.82, 2.24) is 35.5 Å². The van der Waals surface area contributed by atoms with E-state index in [9.17, 15) is 32.8 Å². The lowest BCUT2D eigenvalue weighted by molar-refractivity contribution is -0.140. The normalized spacial score (nSPS) is 20.9. The molecule has 3 N–H and O–H groups in total. The zero-order chi connectivity index (χ0) is 43.2. The quantitative estimate of drug-likeness (QED) is 0.284. The van der Waals surface area contributed by atoms with Crippen LogP contribution in [0.25, 0.3) is 0 Å². The number of alkyl halides is 2. The number of benzene rings is 2. The van der Waals surface area contributed by atoms with Crippen LogP contribution in [0.4, 0.5) is 42.4 Å². The maximum Gasteiger partial charge on any atom is 0.342 e. The number of piperidine rings is 2. The van der Waals surface area contributed by atoms with E-state index < -0.39 is 24.4 Å². The third-order valence-corrected chi connectivity index (χ3v) is 12.6. The van der Waals surface area contributed by atoms with Gasteiger partial charge in [0.25, 0.3) is 17.7 Å². The van der Waals surface area contributed by atoms with Crippen LogP contribution in [0.5, 0.6) is 5.75 Å². The summed E-state index contributed by atoms with van der Waals surface area (Å²) in [5, 5.41) is 7.35. The molecule has 3 aromatic rings. The fraction of sp³-hybridized carbons (Fsp3) is 0.500. The largest absolute Gasteiger partial charge is 0.495 e. The molecule has 324 valence electrons. The summed E-state index contributed by atoms with van der Waals surface area (Å²) in [6, 6.07) is 11.5. The lowest BCUT2D eigenvalue weighted by Gasteiger charge is -2.57. The van der Waals surface area contributed by atoms with E-state index >= 15 is 0 Å². The number of likely N-dealkylation sites (tertiary alicyclic amines) is 2. The topological polar surface area (TPSA) is 176 Å². The van der Waals surface area contributed by atoms with Crippen molar-refractivity contribution in [2.45, 2.75) is 64.0 Å². The molecular weight excluding hydrogens is 793 g/mol. The van der Waals surface area contributed by atoms with E-state index in [1.54, 1.807) is 56.3 Å². The number of hydrogen-bond donors (Lipinski definition) is 3. The molecule has 4 fully saturated rings. The van der Waals surface area contributed by atoms with Gasteiger partial charge in [0.15, 0.2) is 5.82 Å². The van der Waals surface area contributed by atoms with Gasteiger partial charge in [-0.25, -0.2) is 14.8 Å². The molecule has 1 spiro atoms. The zero-order valence-corrected chi connectivity index (χ0v) is 34.7. The molecule has 0 saturated carbocycles. The first-order valence-electron chi connectivity index (χ1n) is 20.7. The number of anilines is 5. The number of aromatic nitrogens is 2. The van der Waals surface area contributed by atoms with Gasteiger partial charge < -0.3 is 24.8 Å². The highest BCUT2D eigenvalue weighted by atomic mass is 19.3. The Morgan fingerprint density at radius 1 is 0.951 bits per heavy atom. The SMILES string of the molecule is COc1cc(C(=O)NN2CCC(N3CC4(CCN(C(=O)c5cccc(N6CCC(=O)NC6=O)c5)CC4)C3)CC2)ccc1Nc1ncc2c(n1)N(C(C)C)CC(F)(F)C(=O)N2C. The number of hydrazine groups is 1. The molecule has 0 unspecified atom stereocenters. The smallest absolute Gasteiger partial charge is 0.342 e. The lowest BCUT2D eigenvalue weighted by atomic mass is 9.71. The molecule has 6 amide bonds. The fourth-order valence-electron chi connectivity index (χ4n) is 8.99. The predicted octanol–water partition coefficient (Wildman–Crippen LogP) is 3.85. The highest BCUT2D eigenvalue weighted by Crippen LogP contribution is 2.43.